The molecule has 0 fully saturated rings. The maximum absolute atomic E-state index is 12.3. The highest BCUT2D eigenvalue weighted by atomic mass is 16.5. The van der Waals surface area contributed by atoms with Gasteiger partial charge in [0, 0.05) is 28.8 Å². The van der Waals surface area contributed by atoms with Crippen LogP contribution in [0.25, 0.3) is 0 Å². The van der Waals surface area contributed by atoms with E-state index in [1.54, 1.807) is 55.5 Å². The van der Waals surface area contributed by atoms with Crippen molar-refractivity contribution in [1.82, 2.24) is 10.8 Å². The normalized spacial score (nSPS) is 12.0. The number of rotatable bonds is 6. The Morgan fingerprint density at radius 3 is 1.97 bits per heavy atom. The molecule has 8 nitrogen and oxygen atoms in total. The zero-order valence-electron chi connectivity index (χ0n) is 16.6. The predicted molar refractivity (Wildman–Crippen MR) is 111 cm³/mol. The summed E-state index contributed by atoms with van der Waals surface area (Å²) < 4.78 is 0. The lowest BCUT2D eigenvalue weighted by Crippen LogP contribution is -2.51. The molecule has 5 N–H and O–H groups in total. The number of amides is 3. The molecule has 2 aromatic carbocycles. The maximum atomic E-state index is 12.3. The molecule has 0 heterocycles. The third-order valence-corrected chi connectivity index (χ3v) is 4.15. The minimum absolute atomic E-state index is 0.0604. The fraction of sp³-hybridized carbons (Fsp3) is 0.227. The number of hydroxylamine groups is 1. The molecule has 3 amide bonds. The number of hydrogen-bond acceptors (Lipinski definition) is 5. The minimum atomic E-state index is -1.29. The van der Waals surface area contributed by atoms with Crippen LogP contribution in [0.4, 0.5) is 5.69 Å². The van der Waals surface area contributed by atoms with Gasteiger partial charge in [-0.1, -0.05) is 18.8 Å². The van der Waals surface area contributed by atoms with Crippen molar-refractivity contribution in [2.45, 2.75) is 32.4 Å². The molecule has 2 atom stereocenters. The monoisotopic (exact) mass is 409 g/mol. The molecule has 2 rings (SSSR count). The zero-order chi connectivity index (χ0) is 22.1. The molecule has 0 aliphatic heterocycles. The predicted octanol–water partition coefficient (Wildman–Crippen LogP) is 1.42. The lowest BCUT2D eigenvalue weighted by atomic mass is 10.1. The van der Waals surface area contributed by atoms with Crippen LogP contribution in [0.2, 0.25) is 0 Å². The standard InChI is InChI=1S/C22H23N3O5/c1-3-19(27)23-18-12-8-16(9-13-18)5-4-15-6-10-17(11-7-15)21(28)24-20(14(2)26)22(29)25-30/h6-14,20,26,30H,3H2,1-2H3,(H,23,27)(H,24,28)(H,25,29)/t14-,20+/m1/s1. The molecule has 0 saturated carbocycles. The van der Waals surface area contributed by atoms with E-state index in [0.29, 0.717) is 17.7 Å². The number of aliphatic hydroxyl groups excluding tert-OH is 1. The number of benzene rings is 2. The Labute approximate surface area is 174 Å². The highest BCUT2D eigenvalue weighted by molar-refractivity contribution is 5.97. The summed E-state index contributed by atoms with van der Waals surface area (Å²) in [5.74, 6) is 4.42. The summed E-state index contributed by atoms with van der Waals surface area (Å²) in [4.78, 5) is 35.1. The van der Waals surface area contributed by atoms with E-state index in [0.717, 1.165) is 5.56 Å². The molecule has 0 aliphatic carbocycles. The van der Waals surface area contributed by atoms with Crippen molar-refractivity contribution in [2.75, 3.05) is 5.32 Å². The number of anilines is 1. The SMILES string of the molecule is CCC(=O)Nc1ccc(C#Cc2ccc(C(=O)N[C@H](C(=O)NO)[C@@H](C)O)cc2)cc1. The van der Waals surface area contributed by atoms with Gasteiger partial charge in [-0.25, -0.2) is 5.48 Å². The van der Waals surface area contributed by atoms with Gasteiger partial charge in [0.05, 0.1) is 6.10 Å². The van der Waals surface area contributed by atoms with Crippen molar-refractivity contribution in [3.8, 4) is 11.8 Å². The second-order valence-corrected chi connectivity index (χ2v) is 6.47. The van der Waals surface area contributed by atoms with Crippen LogP contribution in [-0.2, 0) is 9.59 Å². The van der Waals surface area contributed by atoms with E-state index in [9.17, 15) is 19.5 Å². The van der Waals surface area contributed by atoms with Crippen molar-refractivity contribution in [1.29, 1.82) is 0 Å². The molecule has 0 aliphatic rings. The number of nitrogens with one attached hydrogen (secondary N) is 3. The van der Waals surface area contributed by atoms with E-state index in [1.807, 2.05) is 0 Å². The Bertz CT molecular complexity index is 957. The molecule has 2 aromatic rings. The van der Waals surface area contributed by atoms with Gasteiger partial charge in [0.15, 0.2) is 0 Å². The van der Waals surface area contributed by atoms with Crippen LogP contribution >= 0.6 is 0 Å². The van der Waals surface area contributed by atoms with Crippen LogP contribution in [0.5, 0.6) is 0 Å². The highest BCUT2D eigenvalue weighted by Crippen LogP contribution is 2.10. The van der Waals surface area contributed by atoms with Gasteiger partial charge in [-0.05, 0) is 55.5 Å². The smallest absolute Gasteiger partial charge is 0.268 e. The third kappa shape index (κ3) is 6.44. The molecule has 0 unspecified atom stereocenters. The first-order valence-corrected chi connectivity index (χ1v) is 9.29. The number of carbonyl (C=O) groups is 3. The van der Waals surface area contributed by atoms with Crippen LogP contribution in [-0.4, -0.2) is 40.2 Å². The molecular weight excluding hydrogens is 386 g/mol. The van der Waals surface area contributed by atoms with Gasteiger partial charge in [0.25, 0.3) is 11.8 Å². The van der Waals surface area contributed by atoms with Crippen molar-refractivity contribution in [3.05, 3.63) is 65.2 Å². The average molecular weight is 409 g/mol. The molecule has 30 heavy (non-hydrogen) atoms. The minimum Gasteiger partial charge on any atom is -0.391 e. The highest BCUT2D eigenvalue weighted by Gasteiger charge is 2.25. The van der Waals surface area contributed by atoms with Crippen LogP contribution in [0.3, 0.4) is 0 Å². The number of hydrogen-bond donors (Lipinski definition) is 5. The molecule has 156 valence electrons. The van der Waals surface area contributed by atoms with Crippen LogP contribution in [0.15, 0.2) is 48.5 Å². The lowest BCUT2D eigenvalue weighted by molar-refractivity contribution is -0.133. The van der Waals surface area contributed by atoms with Crippen LogP contribution < -0.4 is 16.1 Å². The van der Waals surface area contributed by atoms with E-state index < -0.39 is 24.0 Å². The largest absolute Gasteiger partial charge is 0.391 e. The molecule has 8 heteroatoms. The maximum Gasteiger partial charge on any atom is 0.268 e. The molecular formula is C22H23N3O5. The Hall–Kier alpha value is -3.67. The topological polar surface area (TPSA) is 128 Å². The van der Waals surface area contributed by atoms with E-state index in [-0.39, 0.29) is 11.5 Å². The first-order chi connectivity index (χ1) is 14.3. The first-order valence-electron chi connectivity index (χ1n) is 9.29. The van der Waals surface area contributed by atoms with Gasteiger partial charge >= 0.3 is 0 Å². The van der Waals surface area contributed by atoms with E-state index >= 15 is 0 Å². The quantitative estimate of drug-likeness (QED) is 0.280. The van der Waals surface area contributed by atoms with Gasteiger partial charge in [0.1, 0.15) is 6.04 Å². The van der Waals surface area contributed by atoms with Crippen molar-refractivity contribution in [2.24, 2.45) is 0 Å². The van der Waals surface area contributed by atoms with Crippen LogP contribution in [0, 0.1) is 11.8 Å². The molecule has 0 saturated heterocycles. The van der Waals surface area contributed by atoms with E-state index in [2.05, 4.69) is 22.5 Å². The summed E-state index contributed by atoms with van der Waals surface area (Å²) >= 11 is 0. The molecule has 0 radical (unpaired) electrons. The van der Waals surface area contributed by atoms with Gasteiger partial charge in [-0.3, -0.25) is 19.6 Å². The fourth-order valence-corrected chi connectivity index (χ4v) is 2.43. The van der Waals surface area contributed by atoms with E-state index in [1.165, 1.54) is 12.4 Å². The first kappa shape index (κ1) is 22.6. The summed E-state index contributed by atoms with van der Waals surface area (Å²) in [7, 11) is 0. The zero-order valence-corrected chi connectivity index (χ0v) is 16.6. The van der Waals surface area contributed by atoms with Crippen LogP contribution in [0.1, 0.15) is 41.8 Å². The van der Waals surface area contributed by atoms with Crippen molar-refractivity contribution < 1.29 is 24.7 Å². The second-order valence-electron chi connectivity index (χ2n) is 6.47. The van der Waals surface area contributed by atoms with Gasteiger partial charge in [-0.2, -0.15) is 0 Å². The molecule has 0 spiro atoms. The summed E-state index contributed by atoms with van der Waals surface area (Å²) in [5, 5.41) is 23.4. The second kappa shape index (κ2) is 10.8. The summed E-state index contributed by atoms with van der Waals surface area (Å²) in [5.41, 5.74) is 3.82. The summed E-state index contributed by atoms with van der Waals surface area (Å²) in [6.45, 7) is 3.10. The van der Waals surface area contributed by atoms with E-state index in [4.69, 9.17) is 5.21 Å². The van der Waals surface area contributed by atoms with Gasteiger partial charge < -0.3 is 15.7 Å². The Kier molecular flexibility index (Phi) is 8.11. The summed E-state index contributed by atoms with van der Waals surface area (Å²) in [6, 6.07) is 12.2. The van der Waals surface area contributed by atoms with Crippen molar-refractivity contribution >= 4 is 23.4 Å². The van der Waals surface area contributed by atoms with Gasteiger partial charge in [-0.15, -0.1) is 0 Å². The molecule has 0 aromatic heterocycles. The average Bonchev–Trinajstić information content (AvgIpc) is 2.76. The van der Waals surface area contributed by atoms with Gasteiger partial charge in [0.2, 0.25) is 5.91 Å². The third-order valence-electron chi connectivity index (χ3n) is 4.15. The lowest BCUT2D eigenvalue weighted by Gasteiger charge is -2.19. The fourth-order valence-electron chi connectivity index (χ4n) is 2.43. The number of carbonyl (C=O) groups excluding carboxylic acids is 3. The Morgan fingerprint density at radius 1 is 0.967 bits per heavy atom. The Balaban J connectivity index is 2.03. The van der Waals surface area contributed by atoms with Crippen molar-refractivity contribution in [3.63, 3.8) is 0 Å². The summed E-state index contributed by atoms with van der Waals surface area (Å²) in [6.07, 6.45) is -0.780. The Morgan fingerprint density at radius 2 is 1.50 bits per heavy atom. The number of aliphatic hydroxyl groups is 1. The molecule has 0 bridgehead atoms.